The molecule has 0 saturated carbocycles. The van der Waals surface area contributed by atoms with Crippen LogP contribution in [-0.4, -0.2) is 21.6 Å². The van der Waals surface area contributed by atoms with E-state index < -0.39 is 0 Å². The summed E-state index contributed by atoms with van der Waals surface area (Å²) in [4.78, 5) is 0. The molecular formula is C18H24N4O. The average Bonchev–Trinajstić information content (AvgIpc) is 2.95. The van der Waals surface area contributed by atoms with E-state index in [1.54, 1.807) is 0 Å². The van der Waals surface area contributed by atoms with Gasteiger partial charge in [0, 0.05) is 18.4 Å². The number of nitriles is 1. The fraction of sp³-hybridized carbons (Fsp3) is 0.500. The molecule has 0 aliphatic rings. The zero-order valence-electron chi connectivity index (χ0n) is 14.3. The SMILES string of the molecule is CCc1ccc(OCCCn2nnc(C#N)c2C(C)(C)C)cc1. The highest BCUT2D eigenvalue weighted by Crippen LogP contribution is 2.24. The highest BCUT2D eigenvalue weighted by Gasteiger charge is 2.25. The Morgan fingerprint density at radius 3 is 2.48 bits per heavy atom. The van der Waals surface area contributed by atoms with Gasteiger partial charge in [0.15, 0.2) is 5.69 Å². The van der Waals surface area contributed by atoms with Gasteiger partial charge in [0.05, 0.1) is 12.3 Å². The quantitative estimate of drug-likeness (QED) is 0.766. The van der Waals surface area contributed by atoms with Crippen molar-refractivity contribution in [1.29, 1.82) is 5.26 Å². The van der Waals surface area contributed by atoms with Crippen LogP contribution in [0, 0.1) is 11.3 Å². The van der Waals surface area contributed by atoms with E-state index in [1.165, 1.54) is 5.56 Å². The smallest absolute Gasteiger partial charge is 0.186 e. The first-order chi connectivity index (χ1) is 11.0. The second-order valence-corrected chi connectivity index (χ2v) is 6.57. The highest BCUT2D eigenvalue weighted by molar-refractivity contribution is 5.30. The molecule has 0 atom stereocenters. The predicted octanol–water partition coefficient (Wildman–Crippen LogP) is 3.48. The summed E-state index contributed by atoms with van der Waals surface area (Å²) >= 11 is 0. The zero-order valence-corrected chi connectivity index (χ0v) is 14.3. The first kappa shape index (κ1) is 17.0. The van der Waals surface area contributed by atoms with E-state index in [2.05, 4.69) is 56.2 Å². The molecular weight excluding hydrogens is 288 g/mol. The van der Waals surface area contributed by atoms with Crippen molar-refractivity contribution in [2.45, 2.75) is 52.5 Å². The lowest BCUT2D eigenvalue weighted by Gasteiger charge is -2.19. The van der Waals surface area contributed by atoms with Crippen LogP contribution in [-0.2, 0) is 18.4 Å². The van der Waals surface area contributed by atoms with E-state index >= 15 is 0 Å². The molecule has 0 spiro atoms. The third-order valence-corrected chi connectivity index (χ3v) is 3.67. The van der Waals surface area contributed by atoms with Gasteiger partial charge in [0.25, 0.3) is 0 Å². The minimum atomic E-state index is -0.161. The molecule has 0 bridgehead atoms. The Balaban J connectivity index is 1.91. The lowest BCUT2D eigenvalue weighted by Crippen LogP contribution is -2.20. The molecule has 0 unspecified atom stereocenters. The molecule has 0 saturated heterocycles. The second kappa shape index (κ2) is 7.28. The first-order valence-electron chi connectivity index (χ1n) is 8.01. The maximum absolute atomic E-state index is 9.17. The number of rotatable bonds is 6. The van der Waals surface area contributed by atoms with E-state index in [-0.39, 0.29) is 5.41 Å². The zero-order chi connectivity index (χ0) is 16.9. The Hall–Kier alpha value is -2.35. The molecule has 0 aliphatic heterocycles. The van der Waals surface area contributed by atoms with Crippen LogP contribution in [0.3, 0.4) is 0 Å². The van der Waals surface area contributed by atoms with Gasteiger partial charge in [-0.15, -0.1) is 5.10 Å². The summed E-state index contributed by atoms with van der Waals surface area (Å²) in [6.07, 6.45) is 1.84. The number of hydrogen-bond donors (Lipinski definition) is 0. The Morgan fingerprint density at radius 1 is 1.22 bits per heavy atom. The number of benzene rings is 1. The van der Waals surface area contributed by atoms with Gasteiger partial charge in [0.2, 0.25) is 0 Å². The van der Waals surface area contributed by atoms with E-state index in [1.807, 2.05) is 16.8 Å². The van der Waals surface area contributed by atoms with Crippen LogP contribution in [0.15, 0.2) is 24.3 Å². The second-order valence-electron chi connectivity index (χ2n) is 6.57. The number of ether oxygens (including phenoxy) is 1. The summed E-state index contributed by atoms with van der Waals surface area (Å²) in [5.41, 5.74) is 2.44. The molecule has 2 rings (SSSR count). The van der Waals surface area contributed by atoms with Crippen LogP contribution in [0.5, 0.6) is 5.75 Å². The monoisotopic (exact) mass is 312 g/mol. The summed E-state index contributed by atoms with van der Waals surface area (Å²) in [6, 6.07) is 10.3. The fourth-order valence-electron chi connectivity index (χ4n) is 2.51. The number of hydrogen-bond acceptors (Lipinski definition) is 4. The van der Waals surface area contributed by atoms with Gasteiger partial charge in [-0.3, -0.25) is 0 Å². The number of aryl methyl sites for hydroxylation is 2. The van der Waals surface area contributed by atoms with E-state index in [0.29, 0.717) is 18.8 Å². The topological polar surface area (TPSA) is 63.7 Å². The highest BCUT2D eigenvalue weighted by atomic mass is 16.5. The summed E-state index contributed by atoms with van der Waals surface area (Å²) in [6.45, 7) is 9.62. The van der Waals surface area contributed by atoms with Crippen LogP contribution >= 0.6 is 0 Å². The number of nitrogens with zero attached hydrogens (tertiary/aromatic N) is 4. The van der Waals surface area contributed by atoms with Gasteiger partial charge in [-0.2, -0.15) is 5.26 Å². The van der Waals surface area contributed by atoms with Gasteiger partial charge in [-0.25, -0.2) is 4.68 Å². The Bertz CT molecular complexity index is 675. The van der Waals surface area contributed by atoms with Gasteiger partial charge >= 0.3 is 0 Å². The molecule has 0 fully saturated rings. The molecule has 1 aromatic heterocycles. The molecule has 23 heavy (non-hydrogen) atoms. The third kappa shape index (κ3) is 4.32. The summed E-state index contributed by atoms with van der Waals surface area (Å²) < 4.78 is 7.58. The van der Waals surface area contributed by atoms with Crippen molar-refractivity contribution in [2.24, 2.45) is 0 Å². The molecule has 5 heteroatoms. The van der Waals surface area contributed by atoms with Crippen molar-refractivity contribution >= 4 is 0 Å². The van der Waals surface area contributed by atoms with Crippen molar-refractivity contribution in [3.05, 3.63) is 41.2 Å². The van der Waals surface area contributed by atoms with Crippen LogP contribution in [0.1, 0.15) is 51.1 Å². The maximum atomic E-state index is 9.17. The molecule has 122 valence electrons. The summed E-state index contributed by atoms with van der Waals surface area (Å²) in [5.74, 6) is 0.884. The van der Waals surface area contributed by atoms with Crippen LogP contribution in [0.25, 0.3) is 0 Å². The minimum Gasteiger partial charge on any atom is -0.494 e. The van der Waals surface area contributed by atoms with Gasteiger partial charge < -0.3 is 4.74 Å². The van der Waals surface area contributed by atoms with Gasteiger partial charge in [0.1, 0.15) is 11.8 Å². The molecule has 0 amide bonds. The largest absolute Gasteiger partial charge is 0.494 e. The van der Waals surface area contributed by atoms with Crippen molar-refractivity contribution in [1.82, 2.24) is 15.0 Å². The molecule has 1 heterocycles. The molecule has 0 radical (unpaired) electrons. The summed E-state index contributed by atoms with van der Waals surface area (Å²) in [5, 5.41) is 17.2. The van der Waals surface area contributed by atoms with E-state index in [0.717, 1.165) is 24.3 Å². The normalized spacial score (nSPS) is 11.3. The Kier molecular flexibility index (Phi) is 5.38. The lowest BCUT2D eigenvalue weighted by molar-refractivity contribution is 0.294. The Labute approximate surface area is 137 Å². The molecule has 1 aromatic carbocycles. The number of aromatic nitrogens is 3. The van der Waals surface area contributed by atoms with Crippen molar-refractivity contribution in [3.63, 3.8) is 0 Å². The molecule has 0 aliphatic carbocycles. The van der Waals surface area contributed by atoms with Crippen LogP contribution in [0.2, 0.25) is 0 Å². The first-order valence-corrected chi connectivity index (χ1v) is 8.01. The molecule has 2 aromatic rings. The van der Waals surface area contributed by atoms with Crippen LogP contribution in [0.4, 0.5) is 0 Å². The Morgan fingerprint density at radius 2 is 1.91 bits per heavy atom. The van der Waals surface area contributed by atoms with Crippen molar-refractivity contribution < 1.29 is 4.74 Å². The van der Waals surface area contributed by atoms with E-state index in [4.69, 9.17) is 10.00 Å². The average molecular weight is 312 g/mol. The van der Waals surface area contributed by atoms with E-state index in [9.17, 15) is 0 Å². The fourth-order valence-corrected chi connectivity index (χ4v) is 2.51. The molecule has 0 N–H and O–H groups in total. The maximum Gasteiger partial charge on any atom is 0.186 e. The standard InChI is InChI=1S/C18H24N4O/c1-5-14-7-9-15(10-8-14)23-12-6-11-22-17(18(2,3)4)16(13-19)20-21-22/h7-10H,5-6,11-12H2,1-4H3. The lowest BCUT2D eigenvalue weighted by atomic mass is 9.90. The van der Waals surface area contributed by atoms with Gasteiger partial charge in [-0.1, -0.05) is 45.0 Å². The molecule has 5 nitrogen and oxygen atoms in total. The predicted molar refractivity (Wildman–Crippen MR) is 89.4 cm³/mol. The minimum absolute atomic E-state index is 0.161. The summed E-state index contributed by atoms with van der Waals surface area (Å²) in [7, 11) is 0. The van der Waals surface area contributed by atoms with Crippen molar-refractivity contribution in [2.75, 3.05) is 6.61 Å². The third-order valence-electron chi connectivity index (χ3n) is 3.67. The van der Waals surface area contributed by atoms with Gasteiger partial charge in [-0.05, 0) is 24.1 Å². The van der Waals surface area contributed by atoms with Crippen molar-refractivity contribution in [3.8, 4) is 11.8 Å². The van der Waals surface area contributed by atoms with Crippen LogP contribution < -0.4 is 4.74 Å².